The molecule has 0 spiro atoms. The number of esters is 1. The molecule has 0 N–H and O–H groups in total. The van der Waals surface area contributed by atoms with Crippen LogP contribution in [-0.4, -0.2) is 31.2 Å². The molecular weight excluding hydrogens is 308 g/mol. The van der Waals surface area contributed by atoms with Gasteiger partial charge in [-0.3, -0.25) is 4.79 Å². The summed E-state index contributed by atoms with van der Waals surface area (Å²) in [4.78, 5) is 12.0. The van der Waals surface area contributed by atoms with E-state index >= 15 is 0 Å². The third kappa shape index (κ3) is 1.66. The molecule has 1 saturated carbocycles. The monoisotopic (exact) mass is 320 g/mol. The zero-order chi connectivity index (χ0) is 16.2. The van der Waals surface area contributed by atoms with Gasteiger partial charge in [0.15, 0.2) is 16.9 Å². The van der Waals surface area contributed by atoms with E-state index in [4.69, 9.17) is 9.47 Å². The number of carbonyl (C=O) groups excluding carboxylic acids is 1. The van der Waals surface area contributed by atoms with Crippen LogP contribution in [0.25, 0.3) is 0 Å². The van der Waals surface area contributed by atoms with E-state index in [1.165, 1.54) is 13.0 Å². The molecule has 8 heteroatoms. The Hall–Kier alpha value is -1.99. The molecule has 1 aliphatic heterocycles. The Morgan fingerprint density at radius 2 is 1.91 bits per heavy atom. The zero-order valence-electron chi connectivity index (χ0n) is 11.5. The maximum Gasteiger partial charge on any atom is 0.330 e. The van der Waals surface area contributed by atoms with Crippen LogP contribution in [0, 0.1) is 0 Å². The summed E-state index contributed by atoms with van der Waals surface area (Å²) < 4.78 is 69.7. The molecule has 0 saturated heterocycles. The second-order valence-corrected chi connectivity index (χ2v) is 5.15. The van der Waals surface area contributed by atoms with E-state index in [0.29, 0.717) is 5.75 Å². The van der Waals surface area contributed by atoms with Crippen LogP contribution in [0.5, 0.6) is 11.5 Å². The van der Waals surface area contributed by atoms with E-state index in [-0.39, 0.29) is 24.7 Å². The molecular formula is C14H12F4O4. The summed E-state index contributed by atoms with van der Waals surface area (Å²) in [5.41, 5.74) is -2.99. The first-order chi connectivity index (χ1) is 10.3. The van der Waals surface area contributed by atoms with Gasteiger partial charge in [-0.2, -0.15) is 17.6 Å². The maximum atomic E-state index is 14.1. The minimum atomic E-state index is -4.54. The van der Waals surface area contributed by atoms with Gasteiger partial charge in [-0.1, -0.05) is 6.07 Å². The van der Waals surface area contributed by atoms with E-state index in [1.54, 1.807) is 0 Å². The lowest BCUT2D eigenvalue weighted by atomic mass is 9.58. The molecule has 0 radical (unpaired) electrons. The lowest BCUT2D eigenvalue weighted by Crippen LogP contribution is -2.72. The number of carbonyl (C=O) groups is 1. The molecule has 1 heterocycles. The number of ether oxygens (including phenoxy) is 3. The highest BCUT2D eigenvalue weighted by Crippen LogP contribution is 2.64. The van der Waals surface area contributed by atoms with E-state index in [1.807, 2.05) is 0 Å². The first-order valence-corrected chi connectivity index (χ1v) is 6.59. The zero-order valence-corrected chi connectivity index (χ0v) is 11.5. The van der Waals surface area contributed by atoms with Crippen molar-refractivity contribution in [2.45, 2.75) is 30.6 Å². The smallest absolute Gasteiger partial charge is 0.330 e. The second kappa shape index (κ2) is 4.50. The largest absolute Gasteiger partial charge is 0.465 e. The lowest BCUT2D eigenvalue weighted by molar-refractivity contribution is -0.323. The van der Waals surface area contributed by atoms with Crippen LogP contribution in [0.2, 0.25) is 0 Å². The van der Waals surface area contributed by atoms with Crippen LogP contribution in [0.4, 0.5) is 17.6 Å². The molecule has 0 amide bonds. The highest BCUT2D eigenvalue weighted by molar-refractivity contribution is 5.87. The van der Waals surface area contributed by atoms with Crippen molar-refractivity contribution in [3.8, 4) is 11.5 Å². The third-order valence-electron chi connectivity index (χ3n) is 3.97. The van der Waals surface area contributed by atoms with Crippen molar-refractivity contribution in [2.24, 2.45) is 0 Å². The van der Waals surface area contributed by atoms with Crippen molar-refractivity contribution >= 4 is 5.97 Å². The SMILES string of the molecule is CCOC(=O)C1(c2ccc3c(c2)OCO3)CC(F)(F)C1(F)F. The summed E-state index contributed by atoms with van der Waals surface area (Å²) in [6.45, 7) is 1.13. The van der Waals surface area contributed by atoms with E-state index in [2.05, 4.69) is 4.74 Å². The Kier molecular flexibility index (Phi) is 3.05. The van der Waals surface area contributed by atoms with Crippen LogP contribution in [0.3, 0.4) is 0 Å². The van der Waals surface area contributed by atoms with Crippen molar-refractivity contribution in [3.63, 3.8) is 0 Å². The van der Waals surface area contributed by atoms with Gasteiger partial charge < -0.3 is 14.2 Å². The van der Waals surface area contributed by atoms with Gasteiger partial charge >= 0.3 is 17.8 Å². The molecule has 4 nitrogen and oxygen atoms in total. The van der Waals surface area contributed by atoms with Crippen molar-refractivity contribution in [2.75, 3.05) is 13.4 Å². The molecule has 2 aliphatic rings. The van der Waals surface area contributed by atoms with E-state index in [0.717, 1.165) is 12.1 Å². The molecule has 1 aliphatic carbocycles. The molecule has 1 fully saturated rings. The van der Waals surface area contributed by atoms with Crippen molar-refractivity contribution < 1.29 is 36.6 Å². The van der Waals surface area contributed by atoms with Gasteiger partial charge in [0.05, 0.1) is 6.61 Å². The van der Waals surface area contributed by atoms with Gasteiger partial charge in [-0.25, -0.2) is 0 Å². The Bertz CT molecular complexity index is 631. The molecule has 1 aromatic carbocycles. The van der Waals surface area contributed by atoms with Crippen molar-refractivity contribution in [1.82, 2.24) is 0 Å². The molecule has 3 rings (SSSR count). The fraction of sp³-hybridized carbons (Fsp3) is 0.500. The van der Waals surface area contributed by atoms with Gasteiger partial charge in [0.25, 0.3) is 0 Å². The minimum absolute atomic E-state index is 0.0995. The van der Waals surface area contributed by atoms with Crippen LogP contribution in [0.1, 0.15) is 18.9 Å². The first kappa shape index (κ1) is 14.9. The first-order valence-electron chi connectivity index (χ1n) is 6.59. The topological polar surface area (TPSA) is 44.8 Å². The molecule has 1 unspecified atom stereocenters. The number of hydrogen-bond donors (Lipinski definition) is 0. The van der Waals surface area contributed by atoms with Gasteiger partial charge in [-0.05, 0) is 24.6 Å². The fourth-order valence-corrected chi connectivity index (χ4v) is 2.78. The quantitative estimate of drug-likeness (QED) is 0.634. The highest BCUT2D eigenvalue weighted by Gasteiger charge is 2.84. The van der Waals surface area contributed by atoms with Crippen LogP contribution in [-0.2, 0) is 14.9 Å². The average molecular weight is 320 g/mol. The van der Waals surface area contributed by atoms with Crippen LogP contribution in [0.15, 0.2) is 18.2 Å². The summed E-state index contributed by atoms with van der Waals surface area (Å²) in [5, 5.41) is 0. The fourth-order valence-electron chi connectivity index (χ4n) is 2.78. The Morgan fingerprint density at radius 3 is 2.50 bits per heavy atom. The van der Waals surface area contributed by atoms with Gasteiger partial charge in [0, 0.05) is 6.42 Å². The predicted octanol–water partition coefficient (Wildman–Crippen LogP) is 2.89. The van der Waals surface area contributed by atoms with Gasteiger partial charge in [0.2, 0.25) is 6.79 Å². The summed E-state index contributed by atoms with van der Waals surface area (Å²) in [6.07, 6.45) is -1.31. The predicted molar refractivity (Wildman–Crippen MR) is 65.4 cm³/mol. The van der Waals surface area contributed by atoms with Crippen molar-refractivity contribution in [1.29, 1.82) is 0 Å². The number of alkyl halides is 4. The standard InChI is InChI=1S/C14H12F4O4/c1-2-20-11(19)12(6-13(15,16)14(12,17)18)8-3-4-9-10(5-8)22-7-21-9/h3-5H,2,6-7H2,1H3. The molecule has 22 heavy (non-hydrogen) atoms. The molecule has 1 aromatic rings. The maximum absolute atomic E-state index is 14.1. The van der Waals surface area contributed by atoms with Crippen molar-refractivity contribution in [3.05, 3.63) is 23.8 Å². The highest BCUT2D eigenvalue weighted by atomic mass is 19.3. The molecule has 0 bridgehead atoms. The number of fused-ring (bicyclic) bond motifs is 1. The number of hydrogen-bond acceptors (Lipinski definition) is 4. The van der Waals surface area contributed by atoms with Gasteiger partial charge in [-0.15, -0.1) is 0 Å². The lowest BCUT2D eigenvalue weighted by Gasteiger charge is -2.51. The summed E-state index contributed by atoms with van der Waals surface area (Å²) in [7, 11) is 0. The normalized spacial score (nSPS) is 27.1. The Morgan fingerprint density at radius 1 is 1.23 bits per heavy atom. The molecule has 120 valence electrons. The summed E-state index contributed by atoms with van der Waals surface area (Å²) in [6, 6.07) is 3.60. The van der Waals surface area contributed by atoms with Crippen LogP contribution >= 0.6 is 0 Å². The number of rotatable bonds is 3. The van der Waals surface area contributed by atoms with E-state index < -0.39 is 29.7 Å². The minimum Gasteiger partial charge on any atom is -0.465 e. The summed E-state index contributed by atoms with van der Waals surface area (Å²) >= 11 is 0. The molecule has 0 aromatic heterocycles. The number of benzene rings is 1. The van der Waals surface area contributed by atoms with Crippen LogP contribution < -0.4 is 9.47 Å². The van der Waals surface area contributed by atoms with E-state index in [9.17, 15) is 22.4 Å². The average Bonchev–Trinajstić information content (AvgIpc) is 2.91. The Labute approximate surface area is 123 Å². The number of halogens is 4. The second-order valence-electron chi connectivity index (χ2n) is 5.15. The Balaban J connectivity index is 2.10. The molecule has 1 atom stereocenters. The summed E-state index contributed by atoms with van der Waals surface area (Å²) in [5.74, 6) is -9.75. The van der Waals surface area contributed by atoms with Gasteiger partial charge in [0.1, 0.15) is 0 Å². The third-order valence-corrected chi connectivity index (χ3v) is 3.97.